The van der Waals surface area contributed by atoms with E-state index in [9.17, 15) is 18.0 Å². The second kappa shape index (κ2) is 9.46. The highest BCUT2D eigenvalue weighted by molar-refractivity contribution is 5.89. The number of hydrogen-bond acceptors (Lipinski definition) is 2. The number of carbonyl (C=O) groups excluding carboxylic acids is 1. The van der Waals surface area contributed by atoms with Gasteiger partial charge in [-0.1, -0.05) is 37.5 Å². The van der Waals surface area contributed by atoms with E-state index in [0.717, 1.165) is 31.2 Å². The third-order valence-corrected chi connectivity index (χ3v) is 6.92. The number of aryl methyl sites for hydroxylation is 1. The predicted octanol–water partition coefficient (Wildman–Crippen LogP) is 7.34. The third-order valence-electron chi connectivity index (χ3n) is 6.92. The molecular weight excluding hydrogens is 401 g/mol. The van der Waals surface area contributed by atoms with Crippen LogP contribution in [-0.4, -0.2) is 12.1 Å². The van der Waals surface area contributed by atoms with Crippen molar-refractivity contribution in [3.8, 4) is 0 Å². The van der Waals surface area contributed by atoms with Gasteiger partial charge in [-0.05, 0) is 86.1 Å². The SMILES string of the molecule is Cc1ccc(C(=O)OC2CCC(c3ccc(C4CCCCC4)c(F)c3F)CC2)c(F)c1. The van der Waals surface area contributed by atoms with Crippen LogP contribution in [-0.2, 0) is 4.74 Å². The molecular formula is C26H29F3O2. The molecule has 4 rings (SSSR count). The summed E-state index contributed by atoms with van der Waals surface area (Å²) in [6.07, 6.45) is 7.14. The largest absolute Gasteiger partial charge is 0.459 e. The summed E-state index contributed by atoms with van der Waals surface area (Å²) in [7, 11) is 0. The normalized spacial score (nSPS) is 22.3. The fraction of sp³-hybridized carbons (Fsp3) is 0.500. The zero-order valence-corrected chi connectivity index (χ0v) is 17.9. The Morgan fingerprint density at radius 3 is 1.97 bits per heavy atom. The van der Waals surface area contributed by atoms with Crippen molar-refractivity contribution in [1.29, 1.82) is 0 Å². The molecule has 2 nitrogen and oxygen atoms in total. The lowest BCUT2D eigenvalue weighted by molar-refractivity contribution is 0.0189. The molecule has 2 aromatic carbocycles. The summed E-state index contributed by atoms with van der Waals surface area (Å²) in [5, 5.41) is 0. The summed E-state index contributed by atoms with van der Waals surface area (Å²) in [5.41, 5.74) is 1.60. The maximum Gasteiger partial charge on any atom is 0.341 e. The van der Waals surface area contributed by atoms with E-state index in [2.05, 4.69) is 0 Å². The average Bonchev–Trinajstić information content (AvgIpc) is 2.77. The molecule has 2 aromatic rings. The molecule has 0 amide bonds. The van der Waals surface area contributed by atoms with Crippen LogP contribution in [0.25, 0.3) is 0 Å². The number of rotatable bonds is 4. The second-order valence-corrected chi connectivity index (χ2v) is 9.07. The Morgan fingerprint density at radius 1 is 0.806 bits per heavy atom. The van der Waals surface area contributed by atoms with Crippen LogP contribution in [0.5, 0.6) is 0 Å². The first-order valence-corrected chi connectivity index (χ1v) is 11.4. The molecule has 0 saturated heterocycles. The summed E-state index contributed by atoms with van der Waals surface area (Å²) in [4.78, 5) is 12.3. The van der Waals surface area contributed by atoms with Crippen LogP contribution < -0.4 is 0 Å². The van der Waals surface area contributed by atoms with Gasteiger partial charge in [-0.25, -0.2) is 18.0 Å². The molecule has 166 valence electrons. The molecule has 2 fully saturated rings. The Morgan fingerprint density at radius 2 is 1.39 bits per heavy atom. The minimum Gasteiger partial charge on any atom is -0.459 e. The van der Waals surface area contributed by atoms with E-state index >= 15 is 0 Å². The molecule has 2 aliphatic carbocycles. The van der Waals surface area contributed by atoms with Crippen molar-refractivity contribution < 1.29 is 22.7 Å². The Bertz CT molecular complexity index is 942. The highest BCUT2D eigenvalue weighted by atomic mass is 19.2. The summed E-state index contributed by atoms with van der Waals surface area (Å²) in [6, 6.07) is 7.94. The lowest BCUT2D eigenvalue weighted by Crippen LogP contribution is -2.25. The van der Waals surface area contributed by atoms with Gasteiger partial charge in [-0.3, -0.25) is 0 Å². The molecule has 0 unspecified atom stereocenters. The lowest BCUT2D eigenvalue weighted by atomic mass is 9.80. The van der Waals surface area contributed by atoms with E-state index in [-0.39, 0.29) is 23.5 Å². The minimum absolute atomic E-state index is 0.0702. The van der Waals surface area contributed by atoms with Gasteiger partial charge in [0, 0.05) is 0 Å². The van der Waals surface area contributed by atoms with E-state index in [1.165, 1.54) is 18.6 Å². The first kappa shape index (κ1) is 21.9. The van der Waals surface area contributed by atoms with Gasteiger partial charge < -0.3 is 4.74 Å². The van der Waals surface area contributed by atoms with E-state index in [4.69, 9.17) is 4.74 Å². The van der Waals surface area contributed by atoms with Gasteiger partial charge in [0.25, 0.3) is 0 Å². The molecule has 0 heterocycles. The lowest BCUT2D eigenvalue weighted by Gasteiger charge is -2.29. The van der Waals surface area contributed by atoms with E-state index in [0.29, 0.717) is 36.8 Å². The average molecular weight is 431 g/mol. The number of halogens is 3. The molecule has 0 spiro atoms. The first-order chi connectivity index (χ1) is 14.9. The molecule has 0 aliphatic heterocycles. The van der Waals surface area contributed by atoms with Crippen LogP contribution in [0.15, 0.2) is 30.3 Å². The number of benzene rings is 2. The van der Waals surface area contributed by atoms with Crippen molar-refractivity contribution in [2.24, 2.45) is 0 Å². The van der Waals surface area contributed by atoms with Crippen LogP contribution >= 0.6 is 0 Å². The van der Waals surface area contributed by atoms with Crippen LogP contribution in [0.3, 0.4) is 0 Å². The quantitative estimate of drug-likeness (QED) is 0.474. The fourth-order valence-electron chi connectivity index (χ4n) is 5.12. The van der Waals surface area contributed by atoms with E-state index in [1.54, 1.807) is 25.1 Å². The molecule has 31 heavy (non-hydrogen) atoms. The van der Waals surface area contributed by atoms with Crippen LogP contribution in [0.1, 0.15) is 96.7 Å². The van der Waals surface area contributed by atoms with Gasteiger partial charge in [0.15, 0.2) is 11.6 Å². The summed E-state index contributed by atoms with van der Waals surface area (Å²) in [6.45, 7) is 1.75. The number of esters is 1. The molecule has 0 atom stereocenters. The maximum absolute atomic E-state index is 14.9. The Kier molecular flexibility index (Phi) is 6.68. The minimum atomic E-state index is -0.717. The monoisotopic (exact) mass is 430 g/mol. The summed E-state index contributed by atoms with van der Waals surface area (Å²) in [5.74, 6) is -2.64. The summed E-state index contributed by atoms with van der Waals surface area (Å²) < 4.78 is 49.2. The molecule has 5 heteroatoms. The molecule has 0 N–H and O–H groups in total. The smallest absolute Gasteiger partial charge is 0.341 e. The molecule has 2 aliphatic rings. The summed E-state index contributed by atoms with van der Waals surface area (Å²) >= 11 is 0. The topological polar surface area (TPSA) is 26.3 Å². The predicted molar refractivity (Wildman–Crippen MR) is 114 cm³/mol. The number of carbonyl (C=O) groups is 1. The Labute approximate surface area is 181 Å². The van der Waals surface area contributed by atoms with Gasteiger partial charge in [-0.2, -0.15) is 0 Å². The zero-order chi connectivity index (χ0) is 22.0. The third kappa shape index (κ3) is 4.81. The Hall–Kier alpha value is -2.30. The van der Waals surface area contributed by atoms with E-state index in [1.807, 2.05) is 0 Å². The van der Waals surface area contributed by atoms with E-state index < -0.39 is 23.4 Å². The van der Waals surface area contributed by atoms with Crippen molar-refractivity contribution in [3.05, 3.63) is 70.0 Å². The standard InChI is InChI=1S/C26H29F3O2/c1-16-7-12-22(23(27)15-16)26(30)31-19-10-8-18(9-11-19)21-14-13-20(24(28)25(21)29)17-5-3-2-4-6-17/h7,12-15,17-19H,2-6,8-11H2,1H3. The fourth-order valence-corrected chi connectivity index (χ4v) is 5.12. The first-order valence-electron chi connectivity index (χ1n) is 11.4. The van der Waals surface area contributed by atoms with Crippen molar-refractivity contribution in [2.75, 3.05) is 0 Å². The van der Waals surface area contributed by atoms with Crippen molar-refractivity contribution in [3.63, 3.8) is 0 Å². The van der Waals surface area contributed by atoms with Gasteiger partial charge in [0.2, 0.25) is 0 Å². The van der Waals surface area contributed by atoms with Crippen LogP contribution in [0, 0.1) is 24.4 Å². The van der Waals surface area contributed by atoms with Gasteiger partial charge in [-0.15, -0.1) is 0 Å². The van der Waals surface area contributed by atoms with Gasteiger partial charge >= 0.3 is 5.97 Å². The second-order valence-electron chi connectivity index (χ2n) is 9.07. The molecule has 0 radical (unpaired) electrons. The van der Waals surface area contributed by atoms with Crippen molar-refractivity contribution >= 4 is 5.97 Å². The maximum atomic E-state index is 14.9. The number of hydrogen-bond donors (Lipinski definition) is 0. The highest BCUT2D eigenvalue weighted by Crippen LogP contribution is 2.39. The number of ether oxygens (including phenoxy) is 1. The molecule has 2 saturated carbocycles. The van der Waals surface area contributed by atoms with Gasteiger partial charge in [0.1, 0.15) is 11.9 Å². The van der Waals surface area contributed by atoms with Crippen LogP contribution in [0.4, 0.5) is 13.2 Å². The zero-order valence-electron chi connectivity index (χ0n) is 17.9. The molecule has 0 aromatic heterocycles. The van der Waals surface area contributed by atoms with Gasteiger partial charge in [0.05, 0.1) is 5.56 Å². The molecule has 0 bridgehead atoms. The van der Waals surface area contributed by atoms with Crippen molar-refractivity contribution in [2.45, 2.75) is 82.7 Å². The van der Waals surface area contributed by atoms with Crippen LogP contribution in [0.2, 0.25) is 0 Å². The Balaban J connectivity index is 1.38. The van der Waals surface area contributed by atoms with Crippen molar-refractivity contribution in [1.82, 2.24) is 0 Å². The highest BCUT2D eigenvalue weighted by Gasteiger charge is 2.30.